The number of carbonyl (C=O) groups is 2. The minimum atomic E-state index is -0.333. The molecule has 2 N–H and O–H groups in total. The smallest absolute Gasteiger partial charge is 0.271 e. The summed E-state index contributed by atoms with van der Waals surface area (Å²) in [6.45, 7) is 1.77. The summed E-state index contributed by atoms with van der Waals surface area (Å²) >= 11 is 6.08. The van der Waals surface area contributed by atoms with Crippen molar-refractivity contribution in [2.75, 3.05) is 12.4 Å². The summed E-state index contributed by atoms with van der Waals surface area (Å²) in [6.07, 6.45) is 0. The number of carbonyl (C=O) groups excluding carboxylic acids is 2. The van der Waals surface area contributed by atoms with Crippen molar-refractivity contribution in [2.45, 2.75) is 6.92 Å². The Hall–Kier alpha value is -3.64. The first-order chi connectivity index (χ1) is 14.5. The molecule has 0 aliphatic rings. The van der Waals surface area contributed by atoms with Crippen LogP contribution in [0.2, 0.25) is 5.02 Å². The van der Waals surface area contributed by atoms with E-state index in [9.17, 15) is 9.59 Å². The van der Waals surface area contributed by atoms with E-state index in [0.717, 1.165) is 5.56 Å². The van der Waals surface area contributed by atoms with Gasteiger partial charge in [-0.05, 0) is 61.0 Å². The summed E-state index contributed by atoms with van der Waals surface area (Å²) in [5.41, 5.74) is 5.32. The molecule has 0 fully saturated rings. The molecule has 0 saturated carbocycles. The Morgan fingerprint density at radius 1 is 0.900 bits per heavy atom. The Kier molecular flexibility index (Phi) is 6.83. The fraction of sp³-hybridized carbons (Fsp3) is 0.0870. The number of hydrogen-bond donors (Lipinski definition) is 2. The van der Waals surface area contributed by atoms with E-state index in [0.29, 0.717) is 33.3 Å². The molecule has 0 aliphatic heterocycles. The zero-order valence-electron chi connectivity index (χ0n) is 16.5. The summed E-state index contributed by atoms with van der Waals surface area (Å²) in [5.74, 6) is 0.0298. The molecule has 3 rings (SSSR count). The number of nitrogens with one attached hydrogen (secondary N) is 2. The summed E-state index contributed by atoms with van der Waals surface area (Å²) in [7, 11) is 1.56. The van der Waals surface area contributed by atoms with Crippen LogP contribution in [0.4, 0.5) is 5.69 Å². The Labute approximate surface area is 179 Å². The van der Waals surface area contributed by atoms with Crippen LogP contribution in [0.5, 0.6) is 5.75 Å². The lowest BCUT2D eigenvalue weighted by Gasteiger charge is -2.09. The Morgan fingerprint density at radius 3 is 2.33 bits per heavy atom. The second-order valence-electron chi connectivity index (χ2n) is 6.38. The molecule has 0 atom stereocenters. The van der Waals surface area contributed by atoms with Gasteiger partial charge in [-0.1, -0.05) is 35.9 Å². The van der Waals surface area contributed by atoms with Crippen LogP contribution in [0.1, 0.15) is 33.2 Å². The van der Waals surface area contributed by atoms with Crippen LogP contribution >= 0.6 is 11.6 Å². The van der Waals surface area contributed by atoms with Gasteiger partial charge in [0, 0.05) is 11.3 Å². The number of hydrogen-bond acceptors (Lipinski definition) is 4. The average molecular weight is 422 g/mol. The van der Waals surface area contributed by atoms with Crippen LogP contribution in [-0.4, -0.2) is 24.6 Å². The number of anilines is 1. The van der Waals surface area contributed by atoms with Crippen LogP contribution in [-0.2, 0) is 0 Å². The molecular formula is C23H20ClN3O3. The third-order valence-corrected chi connectivity index (χ3v) is 4.66. The van der Waals surface area contributed by atoms with E-state index in [2.05, 4.69) is 15.8 Å². The molecule has 0 heterocycles. The van der Waals surface area contributed by atoms with Gasteiger partial charge in [0.25, 0.3) is 11.8 Å². The molecule has 3 aromatic rings. The Morgan fingerprint density at radius 2 is 1.63 bits per heavy atom. The van der Waals surface area contributed by atoms with Crippen molar-refractivity contribution in [2.24, 2.45) is 5.10 Å². The van der Waals surface area contributed by atoms with Crippen molar-refractivity contribution < 1.29 is 14.3 Å². The van der Waals surface area contributed by atoms with E-state index < -0.39 is 0 Å². The molecule has 3 aromatic carbocycles. The van der Waals surface area contributed by atoms with Gasteiger partial charge in [-0.25, -0.2) is 5.43 Å². The molecule has 7 heteroatoms. The third kappa shape index (κ3) is 5.24. The molecule has 0 radical (unpaired) electrons. The molecule has 0 spiro atoms. The predicted octanol–water partition coefficient (Wildman–Crippen LogP) is 4.75. The number of methoxy groups -OCH3 is 1. The zero-order valence-corrected chi connectivity index (χ0v) is 17.2. The molecule has 152 valence electrons. The second kappa shape index (κ2) is 9.71. The highest BCUT2D eigenvalue weighted by molar-refractivity contribution is 6.34. The van der Waals surface area contributed by atoms with Gasteiger partial charge in [0.15, 0.2) is 0 Å². The van der Waals surface area contributed by atoms with Gasteiger partial charge in [0.05, 0.1) is 23.4 Å². The molecule has 30 heavy (non-hydrogen) atoms. The first kappa shape index (κ1) is 21.1. The molecule has 0 bridgehead atoms. The molecule has 0 unspecified atom stereocenters. The quantitative estimate of drug-likeness (QED) is 0.445. The van der Waals surface area contributed by atoms with Gasteiger partial charge in [-0.15, -0.1) is 0 Å². The normalized spacial score (nSPS) is 11.0. The number of rotatable bonds is 6. The maximum absolute atomic E-state index is 12.4. The maximum atomic E-state index is 12.4. The van der Waals surface area contributed by atoms with Crippen LogP contribution in [0, 0.1) is 0 Å². The fourth-order valence-electron chi connectivity index (χ4n) is 2.67. The number of ether oxygens (including phenoxy) is 1. The highest BCUT2D eigenvalue weighted by Crippen LogP contribution is 2.18. The molecule has 6 nitrogen and oxygen atoms in total. The standard InChI is InChI=1S/C23H20ClN3O3/c1-15(26-27-22(28)16-10-12-19(30-2)13-11-16)17-6-5-7-18(14-17)25-23(29)20-8-3-4-9-21(20)24/h3-14H,1-2H3,(H,25,29)(H,27,28). The largest absolute Gasteiger partial charge is 0.497 e. The molecule has 0 aliphatic carbocycles. The van der Waals surface area contributed by atoms with E-state index >= 15 is 0 Å². The lowest BCUT2D eigenvalue weighted by atomic mass is 10.1. The van der Waals surface area contributed by atoms with Crippen molar-refractivity contribution in [3.63, 3.8) is 0 Å². The van der Waals surface area contributed by atoms with E-state index in [1.165, 1.54) is 0 Å². The van der Waals surface area contributed by atoms with Crippen LogP contribution in [0.15, 0.2) is 77.9 Å². The first-order valence-electron chi connectivity index (χ1n) is 9.13. The Bertz CT molecular complexity index is 1090. The fourth-order valence-corrected chi connectivity index (χ4v) is 2.89. The van der Waals surface area contributed by atoms with Crippen LogP contribution in [0.3, 0.4) is 0 Å². The second-order valence-corrected chi connectivity index (χ2v) is 6.79. The lowest BCUT2D eigenvalue weighted by Crippen LogP contribution is -2.19. The van der Waals surface area contributed by atoms with Crippen molar-refractivity contribution >= 4 is 34.8 Å². The topological polar surface area (TPSA) is 79.8 Å². The van der Waals surface area contributed by atoms with Crippen LogP contribution in [0.25, 0.3) is 0 Å². The van der Waals surface area contributed by atoms with Gasteiger partial charge in [0.1, 0.15) is 5.75 Å². The van der Waals surface area contributed by atoms with E-state index in [1.807, 2.05) is 6.07 Å². The van der Waals surface area contributed by atoms with Gasteiger partial charge in [0.2, 0.25) is 0 Å². The average Bonchev–Trinajstić information content (AvgIpc) is 2.77. The minimum absolute atomic E-state index is 0.305. The first-order valence-corrected chi connectivity index (χ1v) is 9.50. The molecular weight excluding hydrogens is 402 g/mol. The van der Waals surface area contributed by atoms with Crippen molar-refractivity contribution in [3.8, 4) is 5.75 Å². The number of halogens is 1. The van der Waals surface area contributed by atoms with Gasteiger partial charge < -0.3 is 10.1 Å². The highest BCUT2D eigenvalue weighted by Gasteiger charge is 2.11. The van der Waals surface area contributed by atoms with Crippen molar-refractivity contribution in [3.05, 3.63) is 94.5 Å². The summed E-state index contributed by atoms with van der Waals surface area (Å²) in [5, 5.41) is 7.36. The minimum Gasteiger partial charge on any atom is -0.497 e. The molecule has 2 amide bonds. The third-order valence-electron chi connectivity index (χ3n) is 4.33. The summed E-state index contributed by atoms with van der Waals surface area (Å²) in [4.78, 5) is 24.7. The number of benzene rings is 3. The number of hydrazone groups is 1. The van der Waals surface area contributed by atoms with Crippen molar-refractivity contribution in [1.82, 2.24) is 5.43 Å². The van der Waals surface area contributed by atoms with Gasteiger partial charge >= 0.3 is 0 Å². The van der Waals surface area contributed by atoms with Gasteiger partial charge in [-0.3, -0.25) is 9.59 Å². The highest BCUT2D eigenvalue weighted by atomic mass is 35.5. The van der Waals surface area contributed by atoms with E-state index in [1.54, 1.807) is 80.8 Å². The van der Waals surface area contributed by atoms with Crippen LogP contribution < -0.4 is 15.5 Å². The van der Waals surface area contributed by atoms with Gasteiger partial charge in [-0.2, -0.15) is 5.10 Å². The molecule has 0 saturated heterocycles. The number of nitrogens with zero attached hydrogens (tertiary/aromatic N) is 1. The monoisotopic (exact) mass is 421 g/mol. The lowest BCUT2D eigenvalue weighted by molar-refractivity contribution is 0.0954. The van der Waals surface area contributed by atoms with E-state index in [4.69, 9.17) is 16.3 Å². The maximum Gasteiger partial charge on any atom is 0.271 e. The summed E-state index contributed by atoms with van der Waals surface area (Å²) < 4.78 is 5.08. The SMILES string of the molecule is COc1ccc(C(=O)NN=C(C)c2cccc(NC(=O)c3ccccc3Cl)c2)cc1. The zero-order chi connectivity index (χ0) is 21.5. The van der Waals surface area contributed by atoms with E-state index in [-0.39, 0.29) is 11.8 Å². The number of amides is 2. The Balaban J connectivity index is 1.69. The summed E-state index contributed by atoms with van der Waals surface area (Å²) in [6, 6.07) is 20.7. The predicted molar refractivity (Wildman–Crippen MR) is 119 cm³/mol. The molecule has 0 aromatic heterocycles. The van der Waals surface area contributed by atoms with Crippen molar-refractivity contribution in [1.29, 1.82) is 0 Å².